The van der Waals surface area contributed by atoms with Crippen molar-refractivity contribution in [3.8, 4) is 56.0 Å². The highest BCUT2D eigenvalue weighted by atomic mass is 16.5. The predicted octanol–water partition coefficient (Wildman–Crippen LogP) is 18.3. The number of fused-ring (bicyclic) bond motifs is 6. The number of nitrogens with zero attached hydrogens (tertiary/aromatic N) is 2. The van der Waals surface area contributed by atoms with Crippen LogP contribution in [0.5, 0.6) is 11.5 Å². The van der Waals surface area contributed by atoms with Crippen molar-refractivity contribution in [3.05, 3.63) is 254 Å². The fourth-order valence-electron chi connectivity index (χ4n) is 11.1. The molecule has 0 radical (unpaired) electrons. The lowest BCUT2D eigenvalue weighted by molar-refractivity contribution is 0.488. The molecule has 322 valence electrons. The first-order valence-electron chi connectivity index (χ1n) is 23.5. The molecule has 0 N–H and O–H groups in total. The van der Waals surface area contributed by atoms with E-state index in [0.717, 1.165) is 67.5 Å². The zero-order chi connectivity index (χ0) is 45.3. The van der Waals surface area contributed by atoms with Crippen molar-refractivity contribution in [3.63, 3.8) is 0 Å². The lowest BCUT2D eigenvalue weighted by Gasteiger charge is -2.31. The largest absolute Gasteiger partial charge is 0.454 e. The lowest BCUT2D eigenvalue weighted by Crippen LogP contribution is -2.15. The Morgan fingerprint density at radius 2 is 0.853 bits per heavy atom. The normalized spacial score (nSPS) is 12.8. The van der Waals surface area contributed by atoms with Crippen LogP contribution in [0, 0.1) is 0 Å². The second-order valence-corrected chi connectivity index (χ2v) is 18.4. The minimum atomic E-state index is -0.0836. The molecule has 0 bridgehead atoms. The summed E-state index contributed by atoms with van der Waals surface area (Å²) >= 11 is 0. The first-order chi connectivity index (χ1) is 33.5. The highest BCUT2D eigenvalue weighted by Gasteiger charge is 2.36. The summed E-state index contributed by atoms with van der Waals surface area (Å²) in [6, 6.07) is 87.9. The average Bonchev–Trinajstić information content (AvgIpc) is 3.63. The number of hydrogen-bond donors (Lipinski definition) is 0. The van der Waals surface area contributed by atoms with Crippen LogP contribution in [0.25, 0.3) is 66.1 Å². The molecule has 13 rings (SSSR count). The molecule has 0 fully saturated rings. The maximum atomic E-state index is 7.09. The molecule has 1 heterocycles. The van der Waals surface area contributed by atoms with Gasteiger partial charge in [0.15, 0.2) is 5.75 Å². The molecule has 0 saturated heterocycles. The number of rotatable bonds is 8. The molecule has 0 atom stereocenters. The fourth-order valence-corrected chi connectivity index (χ4v) is 11.1. The van der Waals surface area contributed by atoms with Crippen LogP contribution in [0.1, 0.15) is 25.0 Å². The van der Waals surface area contributed by atoms with Gasteiger partial charge in [0.2, 0.25) is 0 Å². The first kappa shape index (κ1) is 39.7. The highest BCUT2D eigenvalue weighted by molar-refractivity contribution is 6.15. The van der Waals surface area contributed by atoms with E-state index in [4.69, 9.17) is 4.74 Å². The van der Waals surface area contributed by atoms with Crippen LogP contribution >= 0.6 is 0 Å². The summed E-state index contributed by atoms with van der Waals surface area (Å²) in [5.74, 6) is 1.70. The van der Waals surface area contributed by atoms with Gasteiger partial charge in [-0.05, 0) is 128 Å². The molecule has 0 unspecified atom stereocenters. The van der Waals surface area contributed by atoms with E-state index in [1.165, 1.54) is 55.3 Å². The number of anilines is 6. The summed E-state index contributed by atoms with van der Waals surface area (Å²) in [5.41, 5.74) is 18.7. The Morgan fingerprint density at radius 3 is 1.62 bits per heavy atom. The van der Waals surface area contributed by atoms with Crippen LogP contribution < -0.4 is 14.5 Å². The van der Waals surface area contributed by atoms with Crippen molar-refractivity contribution in [2.75, 3.05) is 9.80 Å². The summed E-state index contributed by atoms with van der Waals surface area (Å²) in [6.07, 6.45) is 0. The van der Waals surface area contributed by atoms with Crippen molar-refractivity contribution >= 4 is 55.7 Å². The quantitative estimate of drug-likeness (QED) is 0.151. The van der Waals surface area contributed by atoms with E-state index in [9.17, 15) is 0 Å². The van der Waals surface area contributed by atoms with Crippen molar-refractivity contribution in [1.29, 1.82) is 0 Å². The van der Waals surface area contributed by atoms with Crippen molar-refractivity contribution in [1.82, 2.24) is 0 Å². The minimum Gasteiger partial charge on any atom is -0.454 e. The molecule has 1 aliphatic heterocycles. The molecule has 11 aromatic carbocycles. The molecule has 0 spiro atoms. The van der Waals surface area contributed by atoms with Gasteiger partial charge < -0.3 is 14.5 Å². The molecule has 1 aliphatic carbocycles. The summed E-state index contributed by atoms with van der Waals surface area (Å²) in [4.78, 5) is 4.73. The standard InChI is InChI=1S/C65H46N2O/c1-65(2)58-30-15-14-25-52(58)57-42-48(36-39-59(57)65)67(47-34-32-44(33-35-47)43-18-6-3-7-19-43)60-40-37-50(49-24-12-13-26-53(49)60)51-38-41-62-63-54(51)27-16-28-55(63)56-29-17-31-61(64(56)68-62)66(45-20-8-4-9-21-45)46-22-10-5-11-23-46/h3-42H,1-2H3. The maximum absolute atomic E-state index is 7.09. The van der Waals surface area contributed by atoms with Gasteiger partial charge in [-0.25, -0.2) is 0 Å². The Hall–Kier alpha value is -8.66. The number of ether oxygens (including phenoxy) is 1. The van der Waals surface area contributed by atoms with E-state index < -0.39 is 0 Å². The molecule has 0 aromatic heterocycles. The van der Waals surface area contributed by atoms with Gasteiger partial charge in [0.1, 0.15) is 5.75 Å². The van der Waals surface area contributed by atoms with Crippen LogP contribution in [0.4, 0.5) is 34.1 Å². The summed E-state index contributed by atoms with van der Waals surface area (Å²) in [5, 5.41) is 4.64. The third-order valence-corrected chi connectivity index (χ3v) is 14.3. The van der Waals surface area contributed by atoms with Gasteiger partial charge in [-0.3, -0.25) is 0 Å². The van der Waals surface area contributed by atoms with Crippen LogP contribution in [0.3, 0.4) is 0 Å². The van der Waals surface area contributed by atoms with Crippen LogP contribution in [-0.4, -0.2) is 0 Å². The van der Waals surface area contributed by atoms with Crippen molar-refractivity contribution in [2.45, 2.75) is 19.3 Å². The van der Waals surface area contributed by atoms with Crippen molar-refractivity contribution < 1.29 is 4.74 Å². The Labute approximate surface area is 397 Å². The van der Waals surface area contributed by atoms with Crippen LogP contribution in [-0.2, 0) is 5.41 Å². The third kappa shape index (κ3) is 6.27. The Balaban J connectivity index is 0.964. The van der Waals surface area contributed by atoms with Gasteiger partial charge in [0.05, 0.1) is 11.4 Å². The zero-order valence-electron chi connectivity index (χ0n) is 37.9. The van der Waals surface area contributed by atoms with Crippen LogP contribution in [0.15, 0.2) is 243 Å². The number of hydrogen-bond acceptors (Lipinski definition) is 3. The molecule has 11 aromatic rings. The monoisotopic (exact) mass is 870 g/mol. The van der Waals surface area contributed by atoms with E-state index >= 15 is 0 Å². The van der Waals surface area contributed by atoms with Gasteiger partial charge in [-0.2, -0.15) is 0 Å². The highest BCUT2D eigenvalue weighted by Crippen LogP contribution is 2.55. The van der Waals surface area contributed by atoms with E-state index in [1.807, 2.05) is 0 Å². The number of para-hydroxylation sites is 3. The first-order valence-corrected chi connectivity index (χ1v) is 23.5. The van der Waals surface area contributed by atoms with E-state index in [0.29, 0.717) is 0 Å². The summed E-state index contributed by atoms with van der Waals surface area (Å²) in [6.45, 7) is 4.69. The molecule has 3 nitrogen and oxygen atoms in total. The molecule has 0 amide bonds. The Bertz CT molecular complexity index is 3690. The molecular weight excluding hydrogens is 825 g/mol. The van der Waals surface area contributed by atoms with E-state index in [2.05, 4.69) is 266 Å². The maximum Gasteiger partial charge on any atom is 0.159 e. The molecule has 0 saturated carbocycles. The molecule has 3 heteroatoms. The van der Waals surface area contributed by atoms with Gasteiger partial charge in [0.25, 0.3) is 0 Å². The van der Waals surface area contributed by atoms with E-state index in [1.54, 1.807) is 0 Å². The third-order valence-electron chi connectivity index (χ3n) is 14.3. The smallest absolute Gasteiger partial charge is 0.159 e. The van der Waals surface area contributed by atoms with Gasteiger partial charge in [-0.15, -0.1) is 0 Å². The predicted molar refractivity (Wildman–Crippen MR) is 285 cm³/mol. The molecule has 2 aliphatic rings. The average molecular weight is 871 g/mol. The Kier molecular flexibility index (Phi) is 9.19. The van der Waals surface area contributed by atoms with Gasteiger partial charge in [0, 0.05) is 44.5 Å². The summed E-state index contributed by atoms with van der Waals surface area (Å²) < 4.78 is 7.09. The van der Waals surface area contributed by atoms with Crippen molar-refractivity contribution in [2.24, 2.45) is 0 Å². The Morgan fingerprint density at radius 1 is 0.324 bits per heavy atom. The van der Waals surface area contributed by atoms with Gasteiger partial charge in [-0.1, -0.05) is 190 Å². The molecular formula is C65H46N2O. The van der Waals surface area contributed by atoms with Crippen LogP contribution in [0.2, 0.25) is 0 Å². The fraction of sp³-hybridized carbons (Fsp3) is 0.0462. The minimum absolute atomic E-state index is 0.0836. The van der Waals surface area contributed by atoms with E-state index in [-0.39, 0.29) is 5.41 Å². The SMILES string of the molecule is CC1(C)c2ccccc2-c2cc(N(c3ccc(-c4ccccc4)cc3)c3ccc(-c4ccc5c6c(cccc46)-c4cccc(N(c6ccccc6)c6ccccc6)c4O5)c4ccccc34)ccc21. The topological polar surface area (TPSA) is 15.7 Å². The zero-order valence-corrected chi connectivity index (χ0v) is 37.9. The lowest BCUT2D eigenvalue weighted by atomic mass is 9.82. The number of benzene rings is 11. The second-order valence-electron chi connectivity index (χ2n) is 18.4. The molecule has 68 heavy (non-hydrogen) atoms. The van der Waals surface area contributed by atoms with Gasteiger partial charge >= 0.3 is 0 Å². The summed E-state index contributed by atoms with van der Waals surface area (Å²) in [7, 11) is 0. The second kappa shape index (κ2) is 15.8.